The van der Waals surface area contributed by atoms with Crippen molar-refractivity contribution in [1.82, 2.24) is 5.32 Å². The van der Waals surface area contributed by atoms with Gasteiger partial charge in [0.1, 0.15) is 0 Å². The third kappa shape index (κ3) is 5.30. The average Bonchev–Trinajstić information content (AvgIpc) is 2.46. The normalized spacial score (nSPS) is 11.6. The van der Waals surface area contributed by atoms with E-state index >= 15 is 0 Å². The van der Waals surface area contributed by atoms with Gasteiger partial charge < -0.3 is 15.4 Å². The Hall–Kier alpha value is -2.04. The fourth-order valence-corrected chi connectivity index (χ4v) is 1.64. The Morgan fingerprint density at radius 1 is 1.35 bits per heavy atom. The van der Waals surface area contributed by atoms with Gasteiger partial charge in [0.15, 0.2) is 0 Å². The molecule has 0 aromatic heterocycles. The summed E-state index contributed by atoms with van der Waals surface area (Å²) in [5, 5.41) is 6.02. The molecule has 0 aliphatic carbocycles. The molecular weight excluding hydrogens is 256 g/mol. The number of hydrogen-bond acceptors (Lipinski definition) is 4. The number of benzene rings is 1. The number of carbonyl (C=O) groups is 2. The molecule has 1 unspecified atom stereocenters. The number of esters is 1. The van der Waals surface area contributed by atoms with Crippen LogP contribution in [0.4, 0.5) is 5.69 Å². The van der Waals surface area contributed by atoms with Crippen LogP contribution in [0, 0.1) is 0 Å². The van der Waals surface area contributed by atoms with Gasteiger partial charge in [-0.05, 0) is 31.5 Å². The van der Waals surface area contributed by atoms with E-state index in [4.69, 9.17) is 0 Å². The first-order valence-corrected chi connectivity index (χ1v) is 6.78. The largest absolute Gasteiger partial charge is 0.465 e. The number of rotatable bonds is 7. The van der Waals surface area contributed by atoms with Crippen molar-refractivity contribution in [3.8, 4) is 0 Å². The van der Waals surface area contributed by atoms with Gasteiger partial charge in [-0.2, -0.15) is 0 Å². The molecule has 0 bridgehead atoms. The van der Waals surface area contributed by atoms with E-state index in [1.54, 1.807) is 18.2 Å². The Morgan fingerprint density at radius 2 is 2.10 bits per heavy atom. The van der Waals surface area contributed by atoms with E-state index in [0.717, 1.165) is 12.1 Å². The predicted octanol–water partition coefficient (Wildman–Crippen LogP) is 2.19. The van der Waals surface area contributed by atoms with Crippen LogP contribution in [-0.2, 0) is 9.53 Å². The molecule has 1 aromatic carbocycles. The zero-order chi connectivity index (χ0) is 15.0. The molecule has 1 amide bonds. The van der Waals surface area contributed by atoms with Crippen LogP contribution in [0.5, 0.6) is 0 Å². The number of nitrogens with one attached hydrogen (secondary N) is 2. The molecule has 110 valence electrons. The molecule has 0 aliphatic rings. The van der Waals surface area contributed by atoms with Crippen molar-refractivity contribution >= 4 is 17.6 Å². The Balaban J connectivity index is 2.42. The van der Waals surface area contributed by atoms with Gasteiger partial charge in [0, 0.05) is 24.7 Å². The Labute approximate surface area is 119 Å². The van der Waals surface area contributed by atoms with E-state index in [9.17, 15) is 9.59 Å². The monoisotopic (exact) mass is 278 g/mol. The van der Waals surface area contributed by atoms with Crippen LogP contribution in [0.25, 0.3) is 0 Å². The molecule has 0 heterocycles. The molecule has 0 saturated heterocycles. The maximum absolute atomic E-state index is 11.6. The SMILES string of the molecule is CCC(C)NC(=O)CCNc1cccc(C(=O)OC)c1. The number of amides is 1. The van der Waals surface area contributed by atoms with Gasteiger partial charge in [0.25, 0.3) is 0 Å². The highest BCUT2D eigenvalue weighted by Gasteiger charge is 2.07. The highest BCUT2D eigenvalue weighted by Crippen LogP contribution is 2.11. The lowest BCUT2D eigenvalue weighted by Crippen LogP contribution is -2.32. The van der Waals surface area contributed by atoms with Crippen molar-refractivity contribution in [2.45, 2.75) is 32.7 Å². The van der Waals surface area contributed by atoms with Crippen molar-refractivity contribution in [1.29, 1.82) is 0 Å². The van der Waals surface area contributed by atoms with Crippen molar-refractivity contribution in [3.05, 3.63) is 29.8 Å². The number of ether oxygens (including phenoxy) is 1. The summed E-state index contributed by atoms with van der Waals surface area (Å²) in [4.78, 5) is 23.0. The van der Waals surface area contributed by atoms with E-state index in [2.05, 4.69) is 15.4 Å². The van der Waals surface area contributed by atoms with Crippen molar-refractivity contribution in [2.24, 2.45) is 0 Å². The quantitative estimate of drug-likeness (QED) is 0.750. The van der Waals surface area contributed by atoms with E-state index in [-0.39, 0.29) is 17.9 Å². The van der Waals surface area contributed by atoms with E-state index < -0.39 is 0 Å². The fraction of sp³-hybridized carbons (Fsp3) is 0.467. The summed E-state index contributed by atoms with van der Waals surface area (Å²) in [6.45, 7) is 4.53. The van der Waals surface area contributed by atoms with Crippen LogP contribution in [0.15, 0.2) is 24.3 Å². The molecule has 0 spiro atoms. The summed E-state index contributed by atoms with van der Waals surface area (Å²) in [5.74, 6) is -0.348. The molecule has 0 saturated carbocycles. The van der Waals surface area contributed by atoms with E-state index in [0.29, 0.717) is 18.5 Å². The summed E-state index contributed by atoms with van der Waals surface area (Å²) >= 11 is 0. The van der Waals surface area contributed by atoms with Crippen LogP contribution in [0.1, 0.15) is 37.0 Å². The molecule has 2 N–H and O–H groups in total. The highest BCUT2D eigenvalue weighted by atomic mass is 16.5. The predicted molar refractivity (Wildman–Crippen MR) is 78.8 cm³/mol. The molecule has 1 aromatic rings. The van der Waals surface area contributed by atoms with Crippen molar-refractivity contribution < 1.29 is 14.3 Å². The summed E-state index contributed by atoms with van der Waals surface area (Å²) in [5.41, 5.74) is 1.28. The van der Waals surface area contributed by atoms with Crippen LogP contribution < -0.4 is 10.6 Å². The lowest BCUT2D eigenvalue weighted by Gasteiger charge is -2.12. The maximum Gasteiger partial charge on any atom is 0.337 e. The minimum atomic E-state index is -0.372. The molecule has 20 heavy (non-hydrogen) atoms. The van der Waals surface area contributed by atoms with Gasteiger partial charge in [0.2, 0.25) is 5.91 Å². The fourth-order valence-electron chi connectivity index (χ4n) is 1.64. The maximum atomic E-state index is 11.6. The van der Waals surface area contributed by atoms with Crippen molar-refractivity contribution in [3.63, 3.8) is 0 Å². The second kappa shape index (κ2) is 8.19. The van der Waals surface area contributed by atoms with Gasteiger partial charge in [-0.1, -0.05) is 13.0 Å². The summed E-state index contributed by atoms with van der Waals surface area (Å²) < 4.78 is 4.66. The first kappa shape index (κ1) is 16.0. The summed E-state index contributed by atoms with van der Waals surface area (Å²) in [7, 11) is 1.35. The molecular formula is C15H22N2O3. The second-order valence-electron chi connectivity index (χ2n) is 4.63. The van der Waals surface area contributed by atoms with Gasteiger partial charge in [-0.25, -0.2) is 4.79 Å². The molecule has 0 radical (unpaired) electrons. The number of carbonyl (C=O) groups excluding carboxylic acids is 2. The minimum absolute atomic E-state index is 0.0240. The number of anilines is 1. The molecule has 0 fully saturated rings. The number of methoxy groups -OCH3 is 1. The van der Waals surface area contributed by atoms with Crippen molar-refractivity contribution in [2.75, 3.05) is 19.0 Å². The molecule has 5 nitrogen and oxygen atoms in total. The Kier molecular flexibility index (Phi) is 6.56. The summed E-state index contributed by atoms with van der Waals surface area (Å²) in [6.07, 6.45) is 1.31. The molecule has 1 atom stereocenters. The third-order valence-corrected chi connectivity index (χ3v) is 2.98. The van der Waals surface area contributed by atoms with Gasteiger partial charge >= 0.3 is 5.97 Å². The second-order valence-corrected chi connectivity index (χ2v) is 4.63. The van der Waals surface area contributed by atoms with Gasteiger partial charge in [-0.15, -0.1) is 0 Å². The van der Waals surface area contributed by atoms with Crippen LogP contribution >= 0.6 is 0 Å². The molecule has 0 aliphatic heterocycles. The highest BCUT2D eigenvalue weighted by molar-refractivity contribution is 5.90. The van der Waals surface area contributed by atoms with Crippen LogP contribution in [0.3, 0.4) is 0 Å². The van der Waals surface area contributed by atoms with Crippen LogP contribution in [-0.4, -0.2) is 31.6 Å². The van der Waals surface area contributed by atoms with E-state index in [1.165, 1.54) is 7.11 Å². The zero-order valence-electron chi connectivity index (χ0n) is 12.2. The number of hydrogen-bond donors (Lipinski definition) is 2. The van der Waals surface area contributed by atoms with Gasteiger partial charge in [-0.3, -0.25) is 4.79 Å². The molecule has 1 rings (SSSR count). The third-order valence-electron chi connectivity index (χ3n) is 2.98. The zero-order valence-corrected chi connectivity index (χ0v) is 12.2. The minimum Gasteiger partial charge on any atom is -0.465 e. The average molecular weight is 278 g/mol. The lowest BCUT2D eigenvalue weighted by molar-refractivity contribution is -0.121. The lowest BCUT2D eigenvalue weighted by atomic mass is 10.2. The van der Waals surface area contributed by atoms with E-state index in [1.807, 2.05) is 19.9 Å². The first-order valence-electron chi connectivity index (χ1n) is 6.78. The summed E-state index contributed by atoms with van der Waals surface area (Å²) in [6, 6.07) is 7.21. The van der Waals surface area contributed by atoms with Crippen LogP contribution in [0.2, 0.25) is 0 Å². The Morgan fingerprint density at radius 3 is 2.75 bits per heavy atom. The standard InChI is InChI=1S/C15H22N2O3/c1-4-11(2)17-14(18)8-9-16-13-7-5-6-12(10-13)15(19)20-3/h5-7,10-11,16H,4,8-9H2,1-3H3,(H,17,18). The topological polar surface area (TPSA) is 67.4 Å². The molecule has 5 heteroatoms. The van der Waals surface area contributed by atoms with Gasteiger partial charge in [0.05, 0.1) is 12.7 Å². The smallest absolute Gasteiger partial charge is 0.337 e. The Bertz CT molecular complexity index is 460. The first-order chi connectivity index (χ1) is 9.56.